The highest BCUT2D eigenvalue weighted by Crippen LogP contribution is 2.26. The zero-order chi connectivity index (χ0) is 17.8. The van der Waals surface area contributed by atoms with E-state index >= 15 is 0 Å². The van der Waals surface area contributed by atoms with Crippen molar-refractivity contribution in [2.24, 2.45) is 0 Å². The highest BCUT2D eigenvalue weighted by molar-refractivity contribution is 6.31. The van der Waals surface area contributed by atoms with Crippen LogP contribution in [0.5, 0.6) is 0 Å². The lowest BCUT2D eigenvalue weighted by atomic mass is 10.2. The molecule has 0 aliphatic heterocycles. The Hall–Kier alpha value is -2.59. The van der Waals surface area contributed by atoms with Crippen molar-refractivity contribution in [2.75, 3.05) is 17.3 Å². The number of aryl methyl sites for hydroxylation is 1. The summed E-state index contributed by atoms with van der Waals surface area (Å²) >= 11 is 6.20. The highest BCUT2D eigenvalue weighted by atomic mass is 35.5. The van der Waals surface area contributed by atoms with Gasteiger partial charge in [0.2, 0.25) is 5.95 Å². The molecule has 0 fully saturated rings. The normalized spacial score (nSPS) is 10.6. The fourth-order valence-electron chi connectivity index (χ4n) is 2.60. The van der Waals surface area contributed by atoms with E-state index in [0.29, 0.717) is 5.95 Å². The monoisotopic (exact) mass is 352 g/mol. The first-order chi connectivity index (χ1) is 12.0. The predicted octanol–water partition coefficient (Wildman–Crippen LogP) is 5.13. The quantitative estimate of drug-likeness (QED) is 0.691. The molecule has 0 bridgehead atoms. The molecule has 2 aromatic carbocycles. The summed E-state index contributed by atoms with van der Waals surface area (Å²) in [5.74, 6) is 1.44. The molecule has 5 heteroatoms. The average Bonchev–Trinajstić information content (AvgIpc) is 2.59. The maximum Gasteiger partial charge on any atom is 0.227 e. The number of anilines is 3. The minimum absolute atomic E-state index is 0.686. The van der Waals surface area contributed by atoms with Gasteiger partial charge in [-0.05, 0) is 37.1 Å². The number of hydrogen-bond acceptors (Lipinski definition) is 4. The van der Waals surface area contributed by atoms with Gasteiger partial charge in [0.1, 0.15) is 5.82 Å². The zero-order valence-electron chi connectivity index (χ0n) is 14.6. The third-order valence-electron chi connectivity index (χ3n) is 3.98. The Morgan fingerprint density at radius 2 is 1.76 bits per heavy atom. The van der Waals surface area contributed by atoms with Gasteiger partial charge in [-0.1, -0.05) is 48.0 Å². The van der Waals surface area contributed by atoms with E-state index in [0.717, 1.165) is 34.3 Å². The standard InChI is InChI=1S/C20H21ClN4/c1-14-12-19(23-18-11-7-10-17(21)15(18)2)24-20(22-14)25(3)13-16-8-5-4-6-9-16/h4-12H,13H2,1-3H3,(H,22,23,24). The number of halogens is 1. The molecule has 4 nitrogen and oxygen atoms in total. The van der Waals surface area contributed by atoms with Gasteiger partial charge >= 0.3 is 0 Å². The summed E-state index contributed by atoms with van der Waals surface area (Å²) in [6.45, 7) is 4.71. The fraction of sp³-hybridized carbons (Fsp3) is 0.200. The Balaban J connectivity index is 1.84. The first-order valence-corrected chi connectivity index (χ1v) is 8.53. The average molecular weight is 353 g/mol. The van der Waals surface area contributed by atoms with E-state index < -0.39 is 0 Å². The first kappa shape index (κ1) is 17.2. The van der Waals surface area contributed by atoms with Crippen molar-refractivity contribution in [3.63, 3.8) is 0 Å². The van der Waals surface area contributed by atoms with Crippen LogP contribution in [-0.4, -0.2) is 17.0 Å². The van der Waals surface area contributed by atoms with Crippen LogP contribution in [0.1, 0.15) is 16.8 Å². The lowest BCUT2D eigenvalue weighted by molar-refractivity contribution is 0.861. The SMILES string of the molecule is Cc1cc(Nc2cccc(Cl)c2C)nc(N(C)Cc2ccccc2)n1. The molecule has 0 amide bonds. The lowest BCUT2D eigenvalue weighted by Gasteiger charge is -2.19. The predicted molar refractivity (Wildman–Crippen MR) is 105 cm³/mol. The largest absolute Gasteiger partial charge is 0.340 e. The fourth-order valence-corrected chi connectivity index (χ4v) is 2.77. The second-order valence-electron chi connectivity index (χ2n) is 6.07. The molecule has 0 aliphatic carbocycles. The van der Waals surface area contributed by atoms with Crippen molar-refractivity contribution in [3.05, 3.63) is 76.4 Å². The second-order valence-corrected chi connectivity index (χ2v) is 6.48. The van der Waals surface area contributed by atoms with E-state index in [1.807, 2.05) is 68.3 Å². The molecule has 3 rings (SSSR count). The minimum Gasteiger partial charge on any atom is -0.340 e. The van der Waals surface area contributed by atoms with Crippen LogP contribution in [0.25, 0.3) is 0 Å². The van der Waals surface area contributed by atoms with Gasteiger partial charge in [-0.2, -0.15) is 4.98 Å². The molecule has 0 saturated heterocycles. The van der Waals surface area contributed by atoms with E-state index in [1.54, 1.807) is 0 Å². The third kappa shape index (κ3) is 4.28. The van der Waals surface area contributed by atoms with Gasteiger partial charge in [-0.3, -0.25) is 0 Å². The Bertz CT molecular complexity index is 865. The van der Waals surface area contributed by atoms with Crippen molar-refractivity contribution < 1.29 is 0 Å². The number of benzene rings is 2. The van der Waals surface area contributed by atoms with Gasteiger partial charge in [-0.15, -0.1) is 0 Å². The van der Waals surface area contributed by atoms with Gasteiger partial charge in [0.15, 0.2) is 0 Å². The van der Waals surface area contributed by atoms with Crippen molar-refractivity contribution in [1.29, 1.82) is 0 Å². The number of nitrogens with zero attached hydrogens (tertiary/aromatic N) is 3. The summed E-state index contributed by atoms with van der Waals surface area (Å²) < 4.78 is 0. The molecule has 0 unspecified atom stereocenters. The molecule has 0 aliphatic rings. The molecule has 0 spiro atoms. The molecule has 1 N–H and O–H groups in total. The Kier molecular flexibility index (Phi) is 5.19. The Morgan fingerprint density at radius 3 is 2.52 bits per heavy atom. The van der Waals surface area contributed by atoms with Crippen molar-refractivity contribution in [2.45, 2.75) is 20.4 Å². The molecule has 0 saturated carbocycles. The zero-order valence-corrected chi connectivity index (χ0v) is 15.4. The summed E-state index contributed by atoms with van der Waals surface area (Å²) in [6, 6.07) is 18.0. The molecule has 0 atom stereocenters. The van der Waals surface area contributed by atoms with E-state index in [4.69, 9.17) is 11.6 Å². The summed E-state index contributed by atoms with van der Waals surface area (Å²) in [5, 5.41) is 4.08. The molecule has 128 valence electrons. The molecule has 3 aromatic rings. The van der Waals surface area contributed by atoms with Gasteiger partial charge in [0.25, 0.3) is 0 Å². The summed E-state index contributed by atoms with van der Waals surface area (Å²) in [4.78, 5) is 11.3. The molecular formula is C20H21ClN4. The van der Waals surface area contributed by atoms with Gasteiger partial charge in [0, 0.05) is 36.1 Å². The minimum atomic E-state index is 0.686. The summed E-state index contributed by atoms with van der Waals surface area (Å²) in [7, 11) is 2.00. The van der Waals surface area contributed by atoms with E-state index in [-0.39, 0.29) is 0 Å². The van der Waals surface area contributed by atoms with Crippen LogP contribution in [-0.2, 0) is 6.54 Å². The van der Waals surface area contributed by atoms with Crippen LogP contribution in [0.4, 0.5) is 17.5 Å². The lowest BCUT2D eigenvalue weighted by Crippen LogP contribution is -2.19. The number of nitrogens with one attached hydrogen (secondary N) is 1. The van der Waals surface area contributed by atoms with Crippen LogP contribution >= 0.6 is 11.6 Å². The molecule has 1 aromatic heterocycles. The van der Waals surface area contributed by atoms with Crippen LogP contribution < -0.4 is 10.2 Å². The van der Waals surface area contributed by atoms with Gasteiger partial charge < -0.3 is 10.2 Å². The Morgan fingerprint density at radius 1 is 1.00 bits per heavy atom. The van der Waals surface area contributed by atoms with Gasteiger partial charge in [0.05, 0.1) is 0 Å². The molecule has 25 heavy (non-hydrogen) atoms. The molecular weight excluding hydrogens is 332 g/mol. The highest BCUT2D eigenvalue weighted by Gasteiger charge is 2.10. The maximum absolute atomic E-state index is 6.20. The van der Waals surface area contributed by atoms with Crippen molar-refractivity contribution >= 4 is 29.1 Å². The number of rotatable bonds is 5. The van der Waals surface area contributed by atoms with E-state index in [9.17, 15) is 0 Å². The maximum atomic E-state index is 6.20. The van der Waals surface area contributed by atoms with E-state index in [2.05, 4.69) is 27.4 Å². The number of aromatic nitrogens is 2. The van der Waals surface area contributed by atoms with Crippen molar-refractivity contribution in [3.8, 4) is 0 Å². The number of hydrogen-bond donors (Lipinski definition) is 1. The summed E-state index contributed by atoms with van der Waals surface area (Å²) in [5.41, 5.74) is 4.07. The smallest absolute Gasteiger partial charge is 0.227 e. The Labute approximate surface area is 153 Å². The van der Waals surface area contributed by atoms with Crippen LogP contribution in [0, 0.1) is 13.8 Å². The van der Waals surface area contributed by atoms with Crippen LogP contribution in [0.15, 0.2) is 54.6 Å². The van der Waals surface area contributed by atoms with Crippen LogP contribution in [0.2, 0.25) is 5.02 Å². The van der Waals surface area contributed by atoms with Crippen LogP contribution in [0.3, 0.4) is 0 Å². The molecule has 0 radical (unpaired) electrons. The third-order valence-corrected chi connectivity index (χ3v) is 4.39. The summed E-state index contributed by atoms with van der Waals surface area (Å²) in [6.07, 6.45) is 0. The van der Waals surface area contributed by atoms with Crippen molar-refractivity contribution in [1.82, 2.24) is 9.97 Å². The second kappa shape index (κ2) is 7.53. The molecule has 1 heterocycles. The first-order valence-electron chi connectivity index (χ1n) is 8.16. The topological polar surface area (TPSA) is 41.1 Å². The van der Waals surface area contributed by atoms with E-state index in [1.165, 1.54) is 5.56 Å². The van der Waals surface area contributed by atoms with Gasteiger partial charge in [-0.25, -0.2) is 4.98 Å².